The van der Waals surface area contributed by atoms with Crippen molar-refractivity contribution in [3.05, 3.63) is 39.1 Å². The summed E-state index contributed by atoms with van der Waals surface area (Å²) in [6, 6.07) is 4.99. The molecule has 2 rings (SSSR count). The smallest absolute Gasteiger partial charge is 0.290 e. The van der Waals surface area contributed by atoms with Gasteiger partial charge in [0, 0.05) is 10.4 Å². The number of halogens is 1. The van der Waals surface area contributed by atoms with Crippen molar-refractivity contribution in [3.8, 4) is 5.75 Å². The molecule has 0 spiro atoms. The summed E-state index contributed by atoms with van der Waals surface area (Å²) in [5, 5.41) is 10.7. The lowest BCUT2D eigenvalue weighted by Gasteiger charge is -2.05. The van der Waals surface area contributed by atoms with Gasteiger partial charge >= 0.3 is 0 Å². The number of hydrogen-bond donors (Lipinski definition) is 2. The minimum absolute atomic E-state index is 0.264. The van der Waals surface area contributed by atoms with E-state index in [2.05, 4.69) is 4.98 Å². The molecule has 0 saturated carbocycles. The first-order chi connectivity index (χ1) is 7.11. The van der Waals surface area contributed by atoms with E-state index >= 15 is 0 Å². The number of H-pyrrole nitrogens is 1. The monoisotopic (exact) mass is 223 g/mol. The summed E-state index contributed by atoms with van der Waals surface area (Å²) >= 11 is 5.91. The highest BCUT2D eigenvalue weighted by Gasteiger charge is 2.05. The lowest BCUT2D eigenvalue weighted by Crippen LogP contribution is -2.05. The quantitative estimate of drug-likeness (QED) is 0.780. The molecule has 78 valence electrons. The number of fused-ring (bicyclic) bond motifs is 1. The van der Waals surface area contributed by atoms with E-state index in [0.29, 0.717) is 10.5 Å². The predicted octanol–water partition coefficient (Wildman–Crippen LogP) is 2.45. The van der Waals surface area contributed by atoms with Gasteiger partial charge in [0.2, 0.25) is 0 Å². The highest BCUT2D eigenvalue weighted by molar-refractivity contribution is 6.31. The number of pyridine rings is 1. The summed E-state index contributed by atoms with van der Waals surface area (Å²) in [4.78, 5) is 13.8. The van der Waals surface area contributed by atoms with Crippen molar-refractivity contribution in [2.75, 3.05) is 0 Å². The van der Waals surface area contributed by atoms with Crippen molar-refractivity contribution in [2.45, 2.75) is 13.3 Å². The van der Waals surface area contributed by atoms with E-state index in [4.69, 9.17) is 11.6 Å². The highest BCUT2D eigenvalue weighted by atomic mass is 35.5. The maximum Gasteiger partial charge on any atom is 0.290 e. The minimum atomic E-state index is -0.494. The van der Waals surface area contributed by atoms with Crippen molar-refractivity contribution >= 4 is 22.5 Å². The summed E-state index contributed by atoms with van der Waals surface area (Å²) in [7, 11) is 0. The molecular weight excluding hydrogens is 214 g/mol. The Morgan fingerprint density at radius 3 is 2.80 bits per heavy atom. The fraction of sp³-hybridized carbons (Fsp3) is 0.182. The molecule has 0 bridgehead atoms. The van der Waals surface area contributed by atoms with Crippen LogP contribution >= 0.6 is 11.6 Å². The van der Waals surface area contributed by atoms with E-state index in [9.17, 15) is 9.90 Å². The molecule has 0 saturated heterocycles. The van der Waals surface area contributed by atoms with Gasteiger partial charge in [0.15, 0.2) is 5.75 Å². The second-order valence-electron chi connectivity index (χ2n) is 3.36. The molecule has 0 aliphatic heterocycles. The number of hydrogen-bond acceptors (Lipinski definition) is 2. The number of aryl methyl sites for hydroxylation is 1. The maximum absolute atomic E-state index is 11.2. The zero-order valence-electron chi connectivity index (χ0n) is 8.17. The van der Waals surface area contributed by atoms with Gasteiger partial charge in [0.25, 0.3) is 5.56 Å². The molecule has 0 radical (unpaired) electrons. The Kier molecular flexibility index (Phi) is 2.40. The second kappa shape index (κ2) is 3.59. The molecule has 0 aliphatic rings. The van der Waals surface area contributed by atoms with E-state index in [1.165, 1.54) is 6.07 Å². The molecule has 0 unspecified atom stereocenters. The first kappa shape index (κ1) is 10.1. The van der Waals surface area contributed by atoms with Gasteiger partial charge in [-0.15, -0.1) is 0 Å². The molecule has 0 atom stereocenters. The molecule has 15 heavy (non-hydrogen) atoms. The third-order valence-electron chi connectivity index (χ3n) is 2.37. The van der Waals surface area contributed by atoms with Crippen LogP contribution in [0.3, 0.4) is 0 Å². The number of rotatable bonds is 1. The molecule has 1 aromatic heterocycles. The maximum atomic E-state index is 11.2. The molecule has 1 heterocycles. The summed E-state index contributed by atoms with van der Waals surface area (Å²) in [6.45, 7) is 1.99. The van der Waals surface area contributed by atoms with Crippen molar-refractivity contribution in [1.29, 1.82) is 0 Å². The van der Waals surface area contributed by atoms with E-state index in [1.807, 2.05) is 13.0 Å². The fourth-order valence-electron chi connectivity index (χ4n) is 1.63. The Morgan fingerprint density at radius 1 is 1.40 bits per heavy atom. The van der Waals surface area contributed by atoms with Crippen LogP contribution in [0.4, 0.5) is 0 Å². The number of benzene rings is 1. The van der Waals surface area contributed by atoms with Crippen LogP contribution in [0.15, 0.2) is 23.0 Å². The Morgan fingerprint density at radius 2 is 2.13 bits per heavy atom. The Labute approximate surface area is 91.3 Å². The summed E-state index contributed by atoms with van der Waals surface area (Å²) in [5.74, 6) is -0.264. The van der Waals surface area contributed by atoms with Gasteiger partial charge < -0.3 is 10.1 Å². The van der Waals surface area contributed by atoms with Crippen LogP contribution < -0.4 is 5.56 Å². The first-order valence-corrected chi connectivity index (χ1v) is 5.04. The van der Waals surface area contributed by atoms with Crippen molar-refractivity contribution in [1.82, 2.24) is 4.98 Å². The van der Waals surface area contributed by atoms with Crippen LogP contribution in [0.2, 0.25) is 5.02 Å². The van der Waals surface area contributed by atoms with E-state index in [-0.39, 0.29) is 5.75 Å². The molecular formula is C11H10ClNO2. The van der Waals surface area contributed by atoms with Crippen molar-refractivity contribution in [3.63, 3.8) is 0 Å². The van der Waals surface area contributed by atoms with Gasteiger partial charge in [-0.2, -0.15) is 0 Å². The third-order valence-corrected chi connectivity index (χ3v) is 2.59. The van der Waals surface area contributed by atoms with E-state index in [1.54, 1.807) is 6.07 Å². The van der Waals surface area contributed by atoms with E-state index < -0.39 is 5.56 Å². The zero-order chi connectivity index (χ0) is 11.0. The van der Waals surface area contributed by atoms with Crippen LogP contribution in [0.1, 0.15) is 12.5 Å². The Hall–Kier alpha value is -1.48. The molecule has 2 N–H and O–H groups in total. The predicted molar refractivity (Wildman–Crippen MR) is 60.6 cm³/mol. The molecule has 3 nitrogen and oxygen atoms in total. The normalized spacial score (nSPS) is 10.8. The van der Waals surface area contributed by atoms with Gasteiger partial charge in [-0.3, -0.25) is 4.79 Å². The molecule has 0 amide bonds. The highest BCUT2D eigenvalue weighted by Crippen LogP contribution is 2.24. The average Bonchev–Trinajstić information content (AvgIpc) is 2.19. The SMILES string of the molecule is CCc1cc(Cl)cc2[nH]c(=O)c(O)cc12. The second-order valence-corrected chi connectivity index (χ2v) is 3.80. The third kappa shape index (κ3) is 1.70. The molecule has 1 aromatic carbocycles. The van der Waals surface area contributed by atoms with Gasteiger partial charge in [-0.05, 0) is 30.2 Å². The van der Waals surface area contributed by atoms with Gasteiger partial charge in [-0.25, -0.2) is 0 Å². The van der Waals surface area contributed by atoms with Crippen LogP contribution in [-0.2, 0) is 6.42 Å². The molecule has 0 aliphatic carbocycles. The fourth-order valence-corrected chi connectivity index (χ4v) is 1.87. The van der Waals surface area contributed by atoms with Crippen LogP contribution in [0.5, 0.6) is 5.75 Å². The molecule has 4 heteroatoms. The van der Waals surface area contributed by atoms with Gasteiger partial charge in [0.1, 0.15) is 0 Å². The van der Waals surface area contributed by atoms with E-state index in [0.717, 1.165) is 17.4 Å². The zero-order valence-corrected chi connectivity index (χ0v) is 8.93. The molecule has 2 aromatic rings. The number of aromatic amines is 1. The number of aromatic hydroxyl groups is 1. The summed E-state index contributed by atoms with van der Waals surface area (Å²) in [6.07, 6.45) is 0.794. The first-order valence-electron chi connectivity index (χ1n) is 4.66. The Bertz CT molecular complexity index is 575. The lowest BCUT2D eigenvalue weighted by molar-refractivity contribution is 0.468. The summed E-state index contributed by atoms with van der Waals surface area (Å²) < 4.78 is 0. The van der Waals surface area contributed by atoms with Crippen LogP contribution in [0.25, 0.3) is 10.9 Å². The van der Waals surface area contributed by atoms with Crippen LogP contribution in [-0.4, -0.2) is 10.1 Å². The minimum Gasteiger partial charge on any atom is -0.503 e. The van der Waals surface area contributed by atoms with Crippen molar-refractivity contribution < 1.29 is 5.11 Å². The standard InChI is InChI=1S/C11H10ClNO2/c1-2-6-3-7(12)4-9-8(6)5-10(14)11(15)13-9/h3-5,14H,2H2,1H3,(H,13,15). The van der Waals surface area contributed by atoms with Crippen molar-refractivity contribution in [2.24, 2.45) is 0 Å². The van der Waals surface area contributed by atoms with Gasteiger partial charge in [0.05, 0.1) is 5.52 Å². The lowest BCUT2D eigenvalue weighted by atomic mass is 10.1. The average molecular weight is 224 g/mol. The van der Waals surface area contributed by atoms with Gasteiger partial charge in [-0.1, -0.05) is 18.5 Å². The Balaban J connectivity index is 2.90. The summed E-state index contributed by atoms with van der Waals surface area (Å²) in [5.41, 5.74) is 1.16. The topological polar surface area (TPSA) is 53.1 Å². The number of aromatic nitrogens is 1. The van der Waals surface area contributed by atoms with Crippen LogP contribution in [0, 0.1) is 0 Å². The molecule has 0 fully saturated rings. The number of nitrogens with one attached hydrogen (secondary N) is 1. The largest absolute Gasteiger partial charge is 0.503 e.